The molecule has 0 aliphatic rings. The van der Waals surface area contributed by atoms with Crippen molar-refractivity contribution in [3.8, 4) is 0 Å². The summed E-state index contributed by atoms with van der Waals surface area (Å²) >= 11 is 0. The first-order valence-electron chi connectivity index (χ1n) is 5.42. The Bertz CT molecular complexity index is 242. The molecule has 0 heterocycles. The Morgan fingerprint density at radius 1 is 1.35 bits per heavy atom. The number of nitrogens with zero attached hydrogens (tertiary/aromatic N) is 1. The number of carbonyl (C=O) groups excluding carboxylic acids is 1. The van der Waals surface area contributed by atoms with Crippen LogP contribution in [0.3, 0.4) is 0 Å². The summed E-state index contributed by atoms with van der Waals surface area (Å²) in [5.41, 5.74) is 0. The minimum Gasteiger partial charge on any atom is -0.392 e. The summed E-state index contributed by atoms with van der Waals surface area (Å²) in [5.74, 6) is 0. The molecule has 0 radical (unpaired) electrons. The van der Waals surface area contributed by atoms with Gasteiger partial charge in [0.1, 0.15) is 0 Å². The van der Waals surface area contributed by atoms with Gasteiger partial charge in [0.15, 0.2) is 0 Å². The highest BCUT2D eigenvalue weighted by molar-refractivity contribution is 5.74. The molecule has 2 amide bonds. The molecule has 17 heavy (non-hydrogen) atoms. The number of hydrogen-bond acceptors (Lipinski definition) is 2. The molecule has 0 saturated carbocycles. The lowest BCUT2D eigenvalue weighted by Gasteiger charge is -2.28. The average Bonchev–Trinajstić information content (AvgIpc) is 2.11. The number of halogens is 3. The number of amides is 2. The molecule has 0 aromatic carbocycles. The second-order valence-corrected chi connectivity index (χ2v) is 4.19. The average molecular weight is 256 g/mol. The van der Waals surface area contributed by atoms with Gasteiger partial charge in [-0.1, -0.05) is 0 Å². The molecule has 102 valence electrons. The molecule has 0 spiro atoms. The van der Waals surface area contributed by atoms with Crippen LogP contribution in [-0.2, 0) is 0 Å². The molecule has 0 aromatic heterocycles. The third-order valence-electron chi connectivity index (χ3n) is 2.03. The highest BCUT2D eigenvalue weighted by Crippen LogP contribution is 2.18. The van der Waals surface area contributed by atoms with E-state index in [1.54, 1.807) is 13.8 Å². The summed E-state index contributed by atoms with van der Waals surface area (Å²) in [5, 5.41) is 11.4. The van der Waals surface area contributed by atoms with Gasteiger partial charge in [-0.25, -0.2) is 4.79 Å². The van der Waals surface area contributed by atoms with Crippen molar-refractivity contribution in [3.63, 3.8) is 0 Å². The molecule has 4 nitrogen and oxygen atoms in total. The maximum Gasteiger partial charge on any atom is 0.390 e. The lowest BCUT2D eigenvalue weighted by molar-refractivity contribution is -0.133. The van der Waals surface area contributed by atoms with E-state index in [0.29, 0.717) is 0 Å². The fourth-order valence-corrected chi connectivity index (χ4v) is 1.23. The Hall–Kier alpha value is -0.980. The van der Waals surface area contributed by atoms with E-state index in [2.05, 4.69) is 5.32 Å². The molecule has 0 fully saturated rings. The zero-order chi connectivity index (χ0) is 13.6. The van der Waals surface area contributed by atoms with E-state index in [0.717, 1.165) is 0 Å². The largest absolute Gasteiger partial charge is 0.392 e. The first kappa shape index (κ1) is 16.0. The van der Waals surface area contributed by atoms with E-state index in [1.807, 2.05) is 0 Å². The third-order valence-corrected chi connectivity index (χ3v) is 2.03. The molecule has 0 rings (SSSR count). The second-order valence-electron chi connectivity index (χ2n) is 4.19. The van der Waals surface area contributed by atoms with E-state index < -0.39 is 31.3 Å². The minimum atomic E-state index is -4.28. The maximum atomic E-state index is 11.9. The fourth-order valence-electron chi connectivity index (χ4n) is 1.23. The SMILES string of the molecule is CC(O)CN(C(=O)NCCC(F)(F)F)C(C)C. The number of alkyl halides is 3. The van der Waals surface area contributed by atoms with E-state index in [1.165, 1.54) is 11.8 Å². The van der Waals surface area contributed by atoms with Crippen molar-refractivity contribution >= 4 is 6.03 Å². The number of hydrogen-bond donors (Lipinski definition) is 2. The molecule has 0 aromatic rings. The van der Waals surface area contributed by atoms with Gasteiger partial charge in [-0.15, -0.1) is 0 Å². The van der Waals surface area contributed by atoms with Crippen LogP contribution in [-0.4, -0.2) is 47.4 Å². The molecule has 7 heteroatoms. The van der Waals surface area contributed by atoms with Gasteiger partial charge in [0, 0.05) is 19.1 Å². The van der Waals surface area contributed by atoms with E-state index in [-0.39, 0.29) is 12.6 Å². The highest BCUT2D eigenvalue weighted by Gasteiger charge is 2.27. The number of aliphatic hydroxyl groups is 1. The van der Waals surface area contributed by atoms with E-state index in [9.17, 15) is 23.1 Å². The van der Waals surface area contributed by atoms with Crippen LogP contribution in [0.1, 0.15) is 27.2 Å². The predicted octanol–water partition coefficient (Wildman–Crippen LogP) is 1.74. The number of urea groups is 1. The number of nitrogens with one attached hydrogen (secondary N) is 1. The summed E-state index contributed by atoms with van der Waals surface area (Å²) in [6, 6.07) is -0.777. The van der Waals surface area contributed by atoms with Crippen molar-refractivity contribution in [2.75, 3.05) is 13.1 Å². The zero-order valence-electron chi connectivity index (χ0n) is 10.2. The van der Waals surface area contributed by atoms with E-state index >= 15 is 0 Å². The first-order chi connectivity index (χ1) is 7.63. The first-order valence-corrected chi connectivity index (χ1v) is 5.42. The lowest BCUT2D eigenvalue weighted by Crippen LogP contribution is -2.47. The van der Waals surface area contributed by atoms with Crippen LogP contribution < -0.4 is 5.32 Å². The normalized spacial score (nSPS) is 13.6. The van der Waals surface area contributed by atoms with Crippen molar-refractivity contribution < 1.29 is 23.1 Å². The molecular formula is C10H19F3N2O2. The van der Waals surface area contributed by atoms with Gasteiger partial charge in [0.2, 0.25) is 0 Å². The molecular weight excluding hydrogens is 237 g/mol. The second kappa shape index (κ2) is 6.68. The summed E-state index contributed by atoms with van der Waals surface area (Å²) in [6.07, 6.45) is -6.05. The standard InChI is InChI=1S/C10H19F3N2O2/c1-7(2)15(6-8(3)16)9(17)14-5-4-10(11,12)13/h7-8,16H,4-6H2,1-3H3,(H,14,17). The topological polar surface area (TPSA) is 52.6 Å². The van der Waals surface area contributed by atoms with Gasteiger partial charge < -0.3 is 15.3 Å². The zero-order valence-corrected chi connectivity index (χ0v) is 10.2. The summed E-state index contributed by atoms with van der Waals surface area (Å²) in [6.45, 7) is 4.61. The Morgan fingerprint density at radius 2 is 1.88 bits per heavy atom. The Balaban J connectivity index is 4.16. The molecule has 0 saturated heterocycles. The Kier molecular flexibility index (Phi) is 6.30. The quantitative estimate of drug-likeness (QED) is 0.787. The molecule has 0 bridgehead atoms. The van der Waals surface area contributed by atoms with Gasteiger partial charge >= 0.3 is 12.2 Å². The van der Waals surface area contributed by atoms with Crippen LogP contribution in [0.4, 0.5) is 18.0 Å². The van der Waals surface area contributed by atoms with Crippen molar-refractivity contribution in [1.29, 1.82) is 0 Å². The number of carbonyl (C=O) groups is 1. The van der Waals surface area contributed by atoms with Crippen molar-refractivity contribution in [2.45, 2.75) is 45.5 Å². The smallest absolute Gasteiger partial charge is 0.390 e. The summed E-state index contributed by atoms with van der Waals surface area (Å²) in [4.78, 5) is 12.8. The minimum absolute atomic E-state index is 0.0928. The van der Waals surface area contributed by atoms with Gasteiger partial charge in [-0.3, -0.25) is 0 Å². The van der Waals surface area contributed by atoms with Crippen LogP contribution in [0.5, 0.6) is 0 Å². The van der Waals surface area contributed by atoms with Crippen molar-refractivity contribution in [1.82, 2.24) is 10.2 Å². The van der Waals surface area contributed by atoms with Gasteiger partial charge in [0.25, 0.3) is 0 Å². The van der Waals surface area contributed by atoms with E-state index in [4.69, 9.17) is 0 Å². The number of rotatable bonds is 5. The molecule has 2 N–H and O–H groups in total. The lowest BCUT2D eigenvalue weighted by atomic mass is 10.3. The molecule has 0 aliphatic heterocycles. The van der Waals surface area contributed by atoms with Crippen LogP contribution in [0.25, 0.3) is 0 Å². The van der Waals surface area contributed by atoms with Crippen LogP contribution in [0, 0.1) is 0 Å². The molecule has 1 atom stereocenters. The van der Waals surface area contributed by atoms with Gasteiger partial charge in [-0.2, -0.15) is 13.2 Å². The van der Waals surface area contributed by atoms with Crippen LogP contribution in [0.2, 0.25) is 0 Å². The van der Waals surface area contributed by atoms with Crippen LogP contribution >= 0.6 is 0 Å². The number of aliphatic hydroxyl groups excluding tert-OH is 1. The van der Waals surface area contributed by atoms with Gasteiger partial charge in [-0.05, 0) is 20.8 Å². The summed E-state index contributed by atoms with van der Waals surface area (Å²) in [7, 11) is 0. The fraction of sp³-hybridized carbons (Fsp3) is 0.900. The van der Waals surface area contributed by atoms with Gasteiger partial charge in [0.05, 0.1) is 12.5 Å². The maximum absolute atomic E-state index is 11.9. The Labute approximate surface area is 98.8 Å². The highest BCUT2D eigenvalue weighted by atomic mass is 19.4. The van der Waals surface area contributed by atoms with Crippen molar-refractivity contribution in [3.05, 3.63) is 0 Å². The summed E-state index contributed by atoms with van der Waals surface area (Å²) < 4.78 is 35.6. The third kappa shape index (κ3) is 7.84. The predicted molar refractivity (Wildman–Crippen MR) is 57.6 cm³/mol. The monoisotopic (exact) mass is 256 g/mol. The Morgan fingerprint density at radius 3 is 2.24 bits per heavy atom. The van der Waals surface area contributed by atoms with Crippen LogP contribution in [0.15, 0.2) is 0 Å². The van der Waals surface area contributed by atoms with Crippen molar-refractivity contribution in [2.24, 2.45) is 0 Å². The molecule has 1 unspecified atom stereocenters. The molecule has 0 aliphatic carbocycles.